The third-order valence-electron chi connectivity index (χ3n) is 3.83. The molecular weight excluding hydrogens is 296 g/mol. The van der Waals surface area contributed by atoms with Crippen LogP contribution < -0.4 is 10.6 Å². The van der Waals surface area contributed by atoms with Crippen LogP contribution in [0.25, 0.3) is 0 Å². The molecule has 2 amide bonds. The Balaban J connectivity index is 2.06. The van der Waals surface area contributed by atoms with Gasteiger partial charge < -0.3 is 20.5 Å². The van der Waals surface area contributed by atoms with E-state index in [9.17, 15) is 9.59 Å². The zero-order chi connectivity index (χ0) is 17.0. The highest BCUT2D eigenvalue weighted by molar-refractivity contribution is 5.86. The molecule has 23 heavy (non-hydrogen) atoms. The van der Waals surface area contributed by atoms with Gasteiger partial charge in [-0.15, -0.1) is 0 Å². The molecule has 1 aromatic rings. The molecule has 6 nitrogen and oxygen atoms in total. The Bertz CT molecular complexity index is 549. The molecule has 1 fully saturated rings. The van der Waals surface area contributed by atoms with Gasteiger partial charge in [0.25, 0.3) is 0 Å². The van der Waals surface area contributed by atoms with E-state index in [1.54, 1.807) is 0 Å². The topological polar surface area (TPSA) is 91.0 Å². The highest BCUT2D eigenvalue weighted by Gasteiger charge is 2.38. The van der Waals surface area contributed by atoms with Crippen LogP contribution in [-0.4, -0.2) is 41.9 Å². The standard InChI is InChI=1S/C17H24N2O4/c1-17(2,3)14(19-16(21)22)15(20)18-12(13-10-23-13)9-11-7-5-4-6-8-11/h4-8,12-14,19H,9-10H2,1-3H3,(H,18,20)(H,21,22). The smallest absolute Gasteiger partial charge is 0.405 e. The Hall–Kier alpha value is -2.08. The number of carboxylic acid groups (broad SMARTS) is 1. The van der Waals surface area contributed by atoms with Crippen LogP contribution >= 0.6 is 0 Å². The Morgan fingerprint density at radius 1 is 1.26 bits per heavy atom. The van der Waals surface area contributed by atoms with E-state index in [0.29, 0.717) is 13.0 Å². The van der Waals surface area contributed by atoms with Gasteiger partial charge in [0.05, 0.1) is 12.6 Å². The van der Waals surface area contributed by atoms with Crippen molar-refractivity contribution in [3.8, 4) is 0 Å². The van der Waals surface area contributed by atoms with Crippen molar-refractivity contribution in [3.63, 3.8) is 0 Å². The fraction of sp³-hybridized carbons (Fsp3) is 0.529. The van der Waals surface area contributed by atoms with Gasteiger partial charge in [-0.2, -0.15) is 0 Å². The van der Waals surface area contributed by atoms with E-state index >= 15 is 0 Å². The minimum atomic E-state index is -1.21. The largest absolute Gasteiger partial charge is 0.465 e. The first-order valence-corrected chi connectivity index (χ1v) is 7.72. The fourth-order valence-electron chi connectivity index (χ4n) is 2.50. The van der Waals surface area contributed by atoms with Gasteiger partial charge in [0.2, 0.25) is 5.91 Å². The van der Waals surface area contributed by atoms with E-state index in [0.717, 1.165) is 5.56 Å². The number of hydrogen-bond donors (Lipinski definition) is 3. The van der Waals surface area contributed by atoms with Gasteiger partial charge in [0, 0.05) is 0 Å². The van der Waals surface area contributed by atoms with E-state index in [1.807, 2.05) is 51.1 Å². The molecule has 1 aliphatic rings. The number of carbonyl (C=O) groups is 2. The molecule has 0 radical (unpaired) electrons. The molecule has 1 aliphatic heterocycles. The minimum Gasteiger partial charge on any atom is -0.465 e. The van der Waals surface area contributed by atoms with E-state index in [4.69, 9.17) is 9.84 Å². The van der Waals surface area contributed by atoms with E-state index in [-0.39, 0.29) is 18.1 Å². The van der Waals surface area contributed by atoms with Crippen molar-refractivity contribution in [2.75, 3.05) is 6.61 Å². The maximum Gasteiger partial charge on any atom is 0.405 e. The van der Waals surface area contributed by atoms with Gasteiger partial charge in [-0.3, -0.25) is 4.79 Å². The first-order valence-electron chi connectivity index (χ1n) is 7.72. The predicted molar refractivity (Wildman–Crippen MR) is 86.2 cm³/mol. The van der Waals surface area contributed by atoms with Crippen LogP contribution in [0.3, 0.4) is 0 Å². The summed E-state index contributed by atoms with van der Waals surface area (Å²) in [5.74, 6) is -0.323. The Morgan fingerprint density at radius 3 is 2.35 bits per heavy atom. The number of amides is 2. The second-order valence-corrected chi connectivity index (χ2v) is 6.93. The van der Waals surface area contributed by atoms with E-state index in [1.165, 1.54) is 0 Å². The van der Waals surface area contributed by atoms with Crippen LogP contribution in [0.5, 0.6) is 0 Å². The number of epoxide rings is 1. The molecule has 126 valence electrons. The molecule has 1 aromatic carbocycles. The highest BCUT2D eigenvalue weighted by atomic mass is 16.6. The van der Waals surface area contributed by atoms with Gasteiger partial charge >= 0.3 is 6.09 Å². The maximum absolute atomic E-state index is 12.6. The summed E-state index contributed by atoms with van der Waals surface area (Å²) in [6, 6.07) is 8.85. The van der Waals surface area contributed by atoms with Gasteiger partial charge in [-0.25, -0.2) is 4.79 Å². The Labute approximate surface area is 136 Å². The zero-order valence-electron chi connectivity index (χ0n) is 13.7. The molecule has 3 unspecified atom stereocenters. The lowest BCUT2D eigenvalue weighted by Gasteiger charge is -2.31. The van der Waals surface area contributed by atoms with Crippen LogP contribution in [0.2, 0.25) is 0 Å². The molecule has 2 rings (SSSR count). The molecular formula is C17H24N2O4. The molecule has 0 aromatic heterocycles. The summed E-state index contributed by atoms with van der Waals surface area (Å²) in [5, 5.41) is 14.2. The van der Waals surface area contributed by atoms with Crippen molar-refractivity contribution < 1.29 is 19.4 Å². The molecule has 0 saturated carbocycles. The lowest BCUT2D eigenvalue weighted by atomic mass is 9.86. The van der Waals surface area contributed by atoms with Crippen molar-refractivity contribution in [2.24, 2.45) is 5.41 Å². The average molecular weight is 320 g/mol. The summed E-state index contributed by atoms with van der Waals surface area (Å²) in [6.45, 7) is 6.09. The summed E-state index contributed by atoms with van der Waals surface area (Å²) < 4.78 is 5.34. The molecule has 1 heterocycles. The van der Waals surface area contributed by atoms with Gasteiger partial charge in [-0.05, 0) is 17.4 Å². The maximum atomic E-state index is 12.6. The van der Waals surface area contributed by atoms with Gasteiger partial charge in [0.15, 0.2) is 0 Å². The van der Waals surface area contributed by atoms with Crippen molar-refractivity contribution >= 4 is 12.0 Å². The van der Waals surface area contributed by atoms with Crippen LogP contribution in [0.1, 0.15) is 26.3 Å². The quantitative estimate of drug-likeness (QED) is 0.697. The van der Waals surface area contributed by atoms with Crippen molar-refractivity contribution in [3.05, 3.63) is 35.9 Å². The number of ether oxygens (including phenoxy) is 1. The Kier molecular flexibility index (Phi) is 5.26. The van der Waals surface area contributed by atoms with Gasteiger partial charge in [0.1, 0.15) is 12.1 Å². The van der Waals surface area contributed by atoms with Crippen LogP contribution in [-0.2, 0) is 16.0 Å². The first kappa shape index (κ1) is 17.3. The van der Waals surface area contributed by atoms with Crippen LogP contribution in [0, 0.1) is 5.41 Å². The van der Waals surface area contributed by atoms with E-state index < -0.39 is 17.6 Å². The second kappa shape index (κ2) is 7.00. The molecule has 6 heteroatoms. The third-order valence-corrected chi connectivity index (χ3v) is 3.83. The van der Waals surface area contributed by atoms with Crippen molar-refractivity contribution in [1.82, 2.24) is 10.6 Å². The third kappa shape index (κ3) is 5.25. The highest BCUT2D eigenvalue weighted by Crippen LogP contribution is 2.22. The number of carbonyl (C=O) groups excluding carboxylic acids is 1. The zero-order valence-corrected chi connectivity index (χ0v) is 13.7. The lowest BCUT2D eigenvalue weighted by Crippen LogP contribution is -2.56. The minimum absolute atomic E-state index is 0.00963. The summed E-state index contributed by atoms with van der Waals surface area (Å²) >= 11 is 0. The predicted octanol–water partition coefficient (Wildman–Crippen LogP) is 1.79. The number of rotatable bonds is 6. The first-order chi connectivity index (χ1) is 10.8. The van der Waals surface area contributed by atoms with Crippen LogP contribution in [0.15, 0.2) is 30.3 Å². The molecule has 3 atom stereocenters. The van der Waals surface area contributed by atoms with Crippen molar-refractivity contribution in [1.29, 1.82) is 0 Å². The lowest BCUT2D eigenvalue weighted by molar-refractivity contribution is -0.126. The van der Waals surface area contributed by atoms with Crippen molar-refractivity contribution in [2.45, 2.75) is 45.4 Å². The molecule has 3 N–H and O–H groups in total. The summed E-state index contributed by atoms with van der Waals surface area (Å²) in [5.41, 5.74) is 0.580. The molecule has 0 spiro atoms. The van der Waals surface area contributed by atoms with E-state index in [2.05, 4.69) is 10.6 Å². The number of hydrogen-bond acceptors (Lipinski definition) is 3. The summed E-state index contributed by atoms with van der Waals surface area (Å²) in [6.07, 6.45) is -0.562. The fourth-order valence-corrected chi connectivity index (χ4v) is 2.50. The molecule has 0 bridgehead atoms. The normalized spacial score (nSPS) is 19.5. The van der Waals surface area contributed by atoms with Gasteiger partial charge in [-0.1, -0.05) is 51.1 Å². The number of benzene rings is 1. The Morgan fingerprint density at radius 2 is 1.87 bits per heavy atom. The molecule has 1 saturated heterocycles. The number of nitrogens with one attached hydrogen (secondary N) is 2. The molecule has 0 aliphatic carbocycles. The van der Waals surface area contributed by atoms with Crippen LogP contribution in [0.4, 0.5) is 4.79 Å². The second-order valence-electron chi connectivity index (χ2n) is 6.93. The average Bonchev–Trinajstić information content (AvgIpc) is 3.28. The summed E-state index contributed by atoms with van der Waals surface area (Å²) in [4.78, 5) is 23.5. The SMILES string of the molecule is CC(C)(C)C(NC(=O)O)C(=O)NC(Cc1ccccc1)C1CO1. The monoisotopic (exact) mass is 320 g/mol. The summed E-state index contributed by atoms with van der Waals surface area (Å²) in [7, 11) is 0.